The minimum atomic E-state index is -1.10. The topological polar surface area (TPSA) is 124 Å². The van der Waals surface area contributed by atoms with E-state index in [1.165, 1.54) is 24.3 Å². The number of carbonyl (C=O) groups excluding carboxylic acids is 1. The van der Waals surface area contributed by atoms with Gasteiger partial charge in [-0.3, -0.25) is 0 Å². The molecule has 0 unspecified atom stereocenters. The number of carbonyl (C=O) groups is 2. The molecule has 7 nitrogen and oxygen atoms in total. The van der Waals surface area contributed by atoms with Crippen LogP contribution in [-0.4, -0.2) is 32.4 Å². The monoisotopic (exact) mass is 494 g/mol. The third-order valence-corrected chi connectivity index (χ3v) is 6.35. The van der Waals surface area contributed by atoms with E-state index < -0.39 is 11.9 Å². The first-order chi connectivity index (χ1) is 17.9. The van der Waals surface area contributed by atoms with Crippen molar-refractivity contribution in [2.45, 2.75) is 13.2 Å². The molecule has 4 N–H and O–H groups in total. The number of rotatable bonds is 6. The number of ether oxygens (including phenoxy) is 1. The minimum absolute atomic E-state index is 0.0468. The third-order valence-electron chi connectivity index (χ3n) is 6.35. The number of phenols is 2. The van der Waals surface area contributed by atoms with E-state index in [0.29, 0.717) is 33.0 Å². The molecule has 0 spiro atoms. The van der Waals surface area contributed by atoms with E-state index in [1.807, 2.05) is 48.5 Å². The highest BCUT2D eigenvalue weighted by Crippen LogP contribution is 2.47. The first kappa shape index (κ1) is 23.8. The minimum Gasteiger partial charge on any atom is -0.507 e. The molecule has 0 atom stereocenters. The van der Waals surface area contributed by atoms with E-state index in [9.17, 15) is 24.9 Å². The molecular weight excluding hydrogens is 472 g/mol. The smallest absolute Gasteiger partial charge is 0.338 e. The maximum atomic E-state index is 12.6. The number of aliphatic hydroxyl groups is 1. The predicted octanol–water partition coefficient (Wildman–Crippen LogP) is 5.62. The lowest BCUT2D eigenvalue weighted by molar-refractivity contribution is 0.0469. The maximum absolute atomic E-state index is 12.6. The molecule has 5 aromatic carbocycles. The molecule has 0 fully saturated rings. The lowest BCUT2D eigenvalue weighted by Gasteiger charge is -2.18. The van der Waals surface area contributed by atoms with Gasteiger partial charge in [0.1, 0.15) is 18.1 Å². The zero-order valence-electron chi connectivity index (χ0n) is 19.5. The molecule has 7 heteroatoms. The number of phenolic OH excluding ortho intramolecular Hbond substituents is 1. The Morgan fingerprint density at radius 2 is 1.16 bits per heavy atom. The first-order valence-corrected chi connectivity index (χ1v) is 11.5. The molecule has 0 bridgehead atoms. The summed E-state index contributed by atoms with van der Waals surface area (Å²) in [4.78, 5) is 23.7. The van der Waals surface area contributed by atoms with Crippen molar-refractivity contribution in [3.63, 3.8) is 0 Å². The highest BCUT2D eigenvalue weighted by atomic mass is 16.5. The number of aliphatic hydroxyl groups excluding tert-OH is 1. The summed E-state index contributed by atoms with van der Waals surface area (Å²) in [5.74, 6) is -2.09. The van der Waals surface area contributed by atoms with E-state index in [4.69, 9.17) is 9.84 Å². The number of benzene rings is 5. The Bertz CT molecular complexity index is 1670. The van der Waals surface area contributed by atoms with Crippen LogP contribution < -0.4 is 0 Å². The van der Waals surface area contributed by atoms with Crippen LogP contribution in [0, 0.1) is 0 Å². The third kappa shape index (κ3) is 4.32. The molecule has 5 aromatic rings. The fourth-order valence-electron chi connectivity index (χ4n) is 4.50. The Morgan fingerprint density at radius 3 is 1.70 bits per heavy atom. The number of carboxylic acid groups (broad SMARTS) is 1. The van der Waals surface area contributed by atoms with E-state index >= 15 is 0 Å². The van der Waals surface area contributed by atoms with Crippen LogP contribution in [0.1, 0.15) is 31.8 Å². The van der Waals surface area contributed by atoms with Gasteiger partial charge in [-0.15, -0.1) is 0 Å². The summed E-state index contributed by atoms with van der Waals surface area (Å²) in [6.45, 7) is -0.651. The predicted molar refractivity (Wildman–Crippen MR) is 139 cm³/mol. The zero-order chi connectivity index (χ0) is 26.1. The van der Waals surface area contributed by atoms with Crippen molar-refractivity contribution in [1.82, 2.24) is 0 Å². The molecule has 0 heterocycles. The lowest BCUT2D eigenvalue weighted by atomic mass is 9.89. The molecular formula is C30H22O7. The fourth-order valence-corrected chi connectivity index (χ4v) is 4.50. The van der Waals surface area contributed by atoms with Crippen molar-refractivity contribution < 1.29 is 34.8 Å². The van der Waals surface area contributed by atoms with Crippen molar-refractivity contribution in [1.29, 1.82) is 0 Å². The Morgan fingerprint density at radius 1 is 0.676 bits per heavy atom. The van der Waals surface area contributed by atoms with Gasteiger partial charge in [-0.05, 0) is 57.9 Å². The Hall–Kier alpha value is -4.88. The highest BCUT2D eigenvalue weighted by molar-refractivity contribution is 6.10. The molecule has 0 aromatic heterocycles. The van der Waals surface area contributed by atoms with Gasteiger partial charge in [0, 0.05) is 22.3 Å². The van der Waals surface area contributed by atoms with E-state index in [-0.39, 0.29) is 35.8 Å². The van der Waals surface area contributed by atoms with Crippen molar-refractivity contribution in [2.75, 3.05) is 0 Å². The molecule has 37 heavy (non-hydrogen) atoms. The van der Waals surface area contributed by atoms with E-state index in [2.05, 4.69) is 0 Å². The quantitative estimate of drug-likeness (QED) is 0.226. The van der Waals surface area contributed by atoms with Crippen LogP contribution in [0.3, 0.4) is 0 Å². The van der Waals surface area contributed by atoms with Crippen molar-refractivity contribution in [3.8, 4) is 22.6 Å². The zero-order valence-corrected chi connectivity index (χ0v) is 19.5. The Balaban J connectivity index is 1.62. The number of fused-ring (bicyclic) bond motifs is 2. The number of hydrogen-bond acceptors (Lipinski definition) is 6. The molecule has 184 valence electrons. The van der Waals surface area contributed by atoms with Gasteiger partial charge < -0.3 is 25.2 Å². The number of carboxylic acids is 1. The van der Waals surface area contributed by atoms with Crippen LogP contribution in [0.5, 0.6) is 11.5 Å². The molecule has 0 amide bonds. The van der Waals surface area contributed by atoms with Gasteiger partial charge in [0.25, 0.3) is 0 Å². The van der Waals surface area contributed by atoms with Gasteiger partial charge in [0.2, 0.25) is 0 Å². The summed E-state index contributed by atoms with van der Waals surface area (Å²) in [5.41, 5.74) is 1.59. The van der Waals surface area contributed by atoms with Crippen LogP contribution >= 0.6 is 0 Å². The van der Waals surface area contributed by atoms with Crippen molar-refractivity contribution in [3.05, 3.63) is 107 Å². The molecule has 0 saturated heterocycles. The molecule has 0 aliphatic rings. The number of aromatic hydroxyl groups is 2. The van der Waals surface area contributed by atoms with Gasteiger partial charge in [0.15, 0.2) is 0 Å². The average molecular weight is 494 g/mol. The van der Waals surface area contributed by atoms with Crippen LogP contribution in [-0.2, 0) is 18.0 Å². The van der Waals surface area contributed by atoms with Gasteiger partial charge in [-0.1, -0.05) is 48.5 Å². The molecule has 0 aliphatic carbocycles. The first-order valence-electron chi connectivity index (χ1n) is 11.5. The maximum Gasteiger partial charge on any atom is 0.338 e. The van der Waals surface area contributed by atoms with Gasteiger partial charge in [-0.2, -0.15) is 0 Å². The molecule has 0 aliphatic heterocycles. The lowest BCUT2D eigenvalue weighted by Crippen LogP contribution is -2.06. The highest BCUT2D eigenvalue weighted by Gasteiger charge is 2.22. The Labute approximate surface area is 211 Å². The van der Waals surface area contributed by atoms with Crippen LogP contribution in [0.15, 0.2) is 84.9 Å². The summed E-state index contributed by atoms with van der Waals surface area (Å²) in [5, 5.41) is 44.4. The fraction of sp³-hybridized carbons (Fsp3) is 0.0667. The van der Waals surface area contributed by atoms with Crippen LogP contribution in [0.2, 0.25) is 0 Å². The summed E-state index contributed by atoms with van der Waals surface area (Å²) in [7, 11) is 0. The number of hydrogen-bond donors (Lipinski definition) is 4. The molecule has 5 rings (SSSR count). The summed E-state index contributed by atoms with van der Waals surface area (Å²) in [6, 6.07) is 23.5. The van der Waals surface area contributed by atoms with Crippen LogP contribution in [0.25, 0.3) is 32.7 Å². The van der Waals surface area contributed by atoms with Crippen molar-refractivity contribution >= 4 is 33.5 Å². The summed E-state index contributed by atoms with van der Waals surface area (Å²) in [6.07, 6.45) is 0. The van der Waals surface area contributed by atoms with Crippen LogP contribution in [0.4, 0.5) is 0 Å². The SMILES string of the molecule is O=C(O)c1ccc(C(=O)OCc2cc3ccccc3c(-c3c(O)c(CO)cc4ccccc34)c2O)cc1. The molecule has 0 saturated carbocycles. The Kier molecular flexibility index (Phi) is 6.21. The van der Waals surface area contributed by atoms with E-state index in [1.54, 1.807) is 12.1 Å². The molecule has 0 radical (unpaired) electrons. The van der Waals surface area contributed by atoms with Gasteiger partial charge >= 0.3 is 11.9 Å². The number of esters is 1. The largest absolute Gasteiger partial charge is 0.507 e. The number of aromatic carboxylic acids is 1. The second kappa shape index (κ2) is 9.64. The second-order valence-corrected chi connectivity index (χ2v) is 8.58. The normalized spacial score (nSPS) is 11.1. The summed E-state index contributed by atoms with van der Waals surface area (Å²) >= 11 is 0. The summed E-state index contributed by atoms with van der Waals surface area (Å²) < 4.78 is 5.45. The average Bonchev–Trinajstić information content (AvgIpc) is 2.92. The second-order valence-electron chi connectivity index (χ2n) is 8.58. The van der Waals surface area contributed by atoms with E-state index in [0.717, 1.165) is 10.8 Å². The standard InChI is InChI=1S/C30H22O7/c31-15-21-13-19-5-1-3-7-23(19)25(27(21)32)26-24-8-4-2-6-20(24)14-22(28(26)33)16-37-30(36)18-11-9-17(10-12-18)29(34)35/h1-14,31-33H,15-16H2,(H,34,35). The van der Waals surface area contributed by atoms with Gasteiger partial charge in [0.05, 0.1) is 17.7 Å². The van der Waals surface area contributed by atoms with Gasteiger partial charge in [-0.25, -0.2) is 9.59 Å². The van der Waals surface area contributed by atoms with Crippen molar-refractivity contribution in [2.24, 2.45) is 0 Å².